The lowest BCUT2D eigenvalue weighted by atomic mass is 10.2. The number of methoxy groups -OCH3 is 2. The van der Waals surface area contributed by atoms with Gasteiger partial charge in [-0.15, -0.1) is 11.3 Å². The maximum Gasteiger partial charge on any atom is 0.183 e. The second-order valence-corrected chi connectivity index (χ2v) is 6.67. The zero-order chi connectivity index (χ0) is 16.3. The van der Waals surface area contributed by atoms with Crippen LogP contribution in [0.2, 0.25) is 0 Å². The Morgan fingerprint density at radius 3 is 2.55 bits per heavy atom. The number of thiazole rings is 1. The minimum atomic E-state index is 0.211. The maximum absolute atomic E-state index is 5.45. The highest BCUT2D eigenvalue weighted by atomic mass is 32.1. The lowest BCUT2D eigenvalue weighted by Crippen LogP contribution is -2.23. The fourth-order valence-corrected chi connectivity index (χ4v) is 3.39. The van der Waals surface area contributed by atoms with Crippen molar-refractivity contribution in [2.75, 3.05) is 21.3 Å². The van der Waals surface area contributed by atoms with E-state index in [-0.39, 0.29) is 6.04 Å². The first-order valence-corrected chi connectivity index (χ1v) is 7.99. The third-order valence-electron chi connectivity index (χ3n) is 3.76. The smallest absolute Gasteiger partial charge is 0.183 e. The van der Waals surface area contributed by atoms with Gasteiger partial charge in [-0.1, -0.05) is 0 Å². The van der Waals surface area contributed by atoms with Gasteiger partial charge in [-0.05, 0) is 27.8 Å². The molecule has 0 aliphatic carbocycles. The van der Waals surface area contributed by atoms with Gasteiger partial charge in [-0.25, -0.2) is 4.98 Å². The van der Waals surface area contributed by atoms with Crippen molar-refractivity contribution in [1.82, 2.24) is 14.9 Å². The lowest BCUT2D eigenvalue weighted by Gasteiger charge is -2.24. The van der Waals surface area contributed by atoms with E-state index in [0.29, 0.717) is 18.0 Å². The van der Waals surface area contributed by atoms with Crippen molar-refractivity contribution in [2.24, 2.45) is 0 Å². The molecule has 2 rings (SSSR count). The molecule has 1 atom stereocenters. The number of pyridine rings is 1. The molecule has 0 spiro atoms. The SMILES string of the molecule is COc1ccnc(CN(C)C(C)c2nc(C)sc2C)c1OC. The van der Waals surface area contributed by atoms with Gasteiger partial charge in [-0.2, -0.15) is 0 Å². The van der Waals surface area contributed by atoms with Crippen LogP contribution in [0.4, 0.5) is 0 Å². The van der Waals surface area contributed by atoms with Crippen molar-refractivity contribution in [2.45, 2.75) is 33.4 Å². The average molecular weight is 321 g/mol. The Balaban J connectivity index is 2.21. The van der Waals surface area contributed by atoms with Crippen LogP contribution in [-0.4, -0.2) is 36.1 Å². The van der Waals surface area contributed by atoms with Crippen LogP contribution in [0.5, 0.6) is 11.5 Å². The molecule has 2 aromatic heterocycles. The molecule has 1 unspecified atom stereocenters. The molecule has 22 heavy (non-hydrogen) atoms. The van der Waals surface area contributed by atoms with Crippen LogP contribution < -0.4 is 9.47 Å². The van der Waals surface area contributed by atoms with Crippen LogP contribution in [0, 0.1) is 13.8 Å². The zero-order valence-electron chi connectivity index (χ0n) is 14.0. The maximum atomic E-state index is 5.45. The van der Waals surface area contributed by atoms with E-state index >= 15 is 0 Å². The molecule has 0 aromatic carbocycles. The molecule has 0 N–H and O–H groups in total. The molecule has 2 aromatic rings. The predicted octanol–water partition coefficient (Wildman–Crippen LogP) is 3.37. The monoisotopic (exact) mass is 321 g/mol. The van der Waals surface area contributed by atoms with E-state index in [9.17, 15) is 0 Å². The molecule has 0 amide bonds. The number of ether oxygens (including phenoxy) is 2. The lowest BCUT2D eigenvalue weighted by molar-refractivity contribution is 0.239. The molecule has 120 valence electrons. The molecule has 0 fully saturated rings. The number of hydrogen-bond acceptors (Lipinski definition) is 6. The van der Waals surface area contributed by atoms with E-state index in [0.717, 1.165) is 16.4 Å². The van der Waals surface area contributed by atoms with Gasteiger partial charge in [0.05, 0.1) is 31.0 Å². The summed E-state index contributed by atoms with van der Waals surface area (Å²) >= 11 is 1.74. The highest BCUT2D eigenvalue weighted by Gasteiger charge is 2.20. The summed E-state index contributed by atoms with van der Waals surface area (Å²) in [6, 6.07) is 2.02. The third-order valence-corrected chi connectivity index (χ3v) is 4.66. The largest absolute Gasteiger partial charge is 0.493 e. The van der Waals surface area contributed by atoms with Crippen LogP contribution in [0.15, 0.2) is 12.3 Å². The summed E-state index contributed by atoms with van der Waals surface area (Å²) in [4.78, 5) is 12.6. The molecule has 0 bridgehead atoms. The number of hydrogen-bond donors (Lipinski definition) is 0. The zero-order valence-corrected chi connectivity index (χ0v) is 14.8. The minimum Gasteiger partial charge on any atom is -0.493 e. The van der Waals surface area contributed by atoms with Gasteiger partial charge in [0, 0.05) is 23.7 Å². The van der Waals surface area contributed by atoms with E-state index in [2.05, 4.69) is 35.8 Å². The molecule has 0 radical (unpaired) electrons. The van der Waals surface area contributed by atoms with Crippen molar-refractivity contribution in [3.63, 3.8) is 0 Å². The highest BCUT2D eigenvalue weighted by Crippen LogP contribution is 2.32. The van der Waals surface area contributed by atoms with E-state index < -0.39 is 0 Å². The summed E-state index contributed by atoms with van der Waals surface area (Å²) in [7, 11) is 5.34. The number of nitrogens with zero attached hydrogens (tertiary/aromatic N) is 3. The number of aryl methyl sites for hydroxylation is 2. The number of rotatable bonds is 6. The third kappa shape index (κ3) is 3.39. The van der Waals surface area contributed by atoms with Crippen molar-refractivity contribution in [3.05, 3.63) is 33.5 Å². The molecule has 6 heteroatoms. The highest BCUT2D eigenvalue weighted by molar-refractivity contribution is 7.11. The minimum absolute atomic E-state index is 0.211. The van der Waals surface area contributed by atoms with Crippen LogP contribution in [0.1, 0.15) is 34.2 Å². The van der Waals surface area contributed by atoms with E-state index in [4.69, 9.17) is 9.47 Å². The number of aromatic nitrogens is 2. The quantitative estimate of drug-likeness (QED) is 0.816. The van der Waals surface area contributed by atoms with Gasteiger partial charge in [0.2, 0.25) is 0 Å². The molecule has 0 aliphatic heterocycles. The second kappa shape index (κ2) is 7.07. The van der Waals surface area contributed by atoms with Crippen LogP contribution in [0.25, 0.3) is 0 Å². The predicted molar refractivity (Wildman–Crippen MR) is 88.8 cm³/mol. The van der Waals surface area contributed by atoms with E-state index in [1.54, 1.807) is 37.8 Å². The van der Waals surface area contributed by atoms with Gasteiger partial charge >= 0.3 is 0 Å². The van der Waals surface area contributed by atoms with E-state index in [1.165, 1.54) is 4.88 Å². The Kier molecular flexibility index (Phi) is 5.37. The first kappa shape index (κ1) is 16.7. The Morgan fingerprint density at radius 1 is 1.27 bits per heavy atom. The van der Waals surface area contributed by atoms with Crippen LogP contribution >= 0.6 is 11.3 Å². The normalized spacial score (nSPS) is 12.5. The Labute approximate surface area is 135 Å². The van der Waals surface area contributed by atoms with Crippen molar-refractivity contribution < 1.29 is 9.47 Å². The van der Waals surface area contributed by atoms with Gasteiger partial charge in [-0.3, -0.25) is 9.88 Å². The van der Waals surface area contributed by atoms with E-state index in [1.807, 2.05) is 6.92 Å². The van der Waals surface area contributed by atoms with Crippen molar-refractivity contribution in [1.29, 1.82) is 0 Å². The summed E-state index contributed by atoms with van der Waals surface area (Å²) < 4.78 is 10.8. The fourth-order valence-electron chi connectivity index (χ4n) is 2.48. The van der Waals surface area contributed by atoms with Crippen molar-refractivity contribution in [3.8, 4) is 11.5 Å². The molecular formula is C16H23N3O2S. The van der Waals surface area contributed by atoms with Gasteiger partial charge in [0.25, 0.3) is 0 Å². The Morgan fingerprint density at radius 2 is 2.00 bits per heavy atom. The first-order valence-electron chi connectivity index (χ1n) is 7.18. The Bertz CT molecular complexity index is 642. The van der Waals surface area contributed by atoms with Crippen LogP contribution in [0.3, 0.4) is 0 Å². The summed E-state index contributed by atoms with van der Waals surface area (Å²) in [5.74, 6) is 1.39. The molecule has 5 nitrogen and oxygen atoms in total. The summed E-state index contributed by atoms with van der Waals surface area (Å²) in [6.45, 7) is 6.99. The molecule has 2 heterocycles. The average Bonchev–Trinajstić information content (AvgIpc) is 2.84. The van der Waals surface area contributed by atoms with Crippen molar-refractivity contribution >= 4 is 11.3 Å². The standard InChI is InChI=1S/C16H23N3O2S/c1-10(15-11(2)22-12(3)18-15)19(4)9-13-16(21-6)14(20-5)7-8-17-13/h7-8,10H,9H2,1-6H3. The second-order valence-electron chi connectivity index (χ2n) is 5.26. The fraction of sp³-hybridized carbons (Fsp3) is 0.500. The summed E-state index contributed by atoms with van der Waals surface area (Å²) in [6.07, 6.45) is 1.74. The molecule has 0 saturated carbocycles. The molecule has 0 aliphatic rings. The van der Waals surface area contributed by atoms with Crippen LogP contribution in [-0.2, 0) is 6.54 Å². The van der Waals surface area contributed by atoms with Gasteiger partial charge < -0.3 is 9.47 Å². The summed E-state index contributed by atoms with van der Waals surface area (Å²) in [5.41, 5.74) is 1.99. The topological polar surface area (TPSA) is 47.5 Å². The molecular weight excluding hydrogens is 298 g/mol. The molecule has 0 saturated heterocycles. The van der Waals surface area contributed by atoms with Gasteiger partial charge in [0.1, 0.15) is 5.69 Å². The van der Waals surface area contributed by atoms with Gasteiger partial charge in [0.15, 0.2) is 11.5 Å². The first-order chi connectivity index (χ1) is 10.5. The summed E-state index contributed by atoms with van der Waals surface area (Å²) in [5, 5.41) is 1.10. The Hall–Kier alpha value is -1.66.